The zero-order valence-corrected chi connectivity index (χ0v) is 12.5. The van der Waals surface area contributed by atoms with Gasteiger partial charge < -0.3 is 0 Å². The molecule has 0 heterocycles. The second-order valence-electron chi connectivity index (χ2n) is 5.85. The molecule has 108 valence electrons. The Labute approximate surface area is 124 Å². The molecule has 0 radical (unpaired) electrons. The van der Waals surface area contributed by atoms with Crippen LogP contribution in [0.1, 0.15) is 33.4 Å². The van der Waals surface area contributed by atoms with Gasteiger partial charge in [0.25, 0.3) is 5.69 Å². The first-order chi connectivity index (χ1) is 10.1. The van der Waals surface area contributed by atoms with E-state index in [1.54, 1.807) is 12.1 Å². The normalized spacial score (nSPS) is 13.8. The summed E-state index contributed by atoms with van der Waals surface area (Å²) in [6.07, 6.45) is 3.62. The number of rotatable bonds is 1. The lowest BCUT2D eigenvalue weighted by Gasteiger charge is -2.17. The highest BCUT2D eigenvalue weighted by atomic mass is 16.6. The minimum absolute atomic E-state index is 0.228. The molecular formula is C18H19NO2. The van der Waals surface area contributed by atoms with Crippen LogP contribution in [0.3, 0.4) is 0 Å². The predicted molar refractivity (Wildman–Crippen MR) is 83.8 cm³/mol. The molecule has 4 bridgehead atoms. The number of nitrogens with zero attached hydrogens (tertiary/aromatic N) is 1. The van der Waals surface area contributed by atoms with Gasteiger partial charge >= 0.3 is 0 Å². The Kier molecular flexibility index (Phi) is 3.50. The number of benzene rings is 2. The van der Waals surface area contributed by atoms with Crippen molar-refractivity contribution in [3.05, 3.63) is 73.8 Å². The molecule has 0 unspecified atom stereocenters. The predicted octanol–water partition coefficient (Wildman–Crippen LogP) is 4.10. The van der Waals surface area contributed by atoms with Gasteiger partial charge in [0.05, 0.1) is 4.92 Å². The van der Waals surface area contributed by atoms with Crippen LogP contribution < -0.4 is 0 Å². The molecule has 0 saturated carbocycles. The Bertz CT molecular complexity index is 672. The third kappa shape index (κ3) is 2.56. The molecule has 0 amide bonds. The van der Waals surface area contributed by atoms with E-state index in [4.69, 9.17) is 0 Å². The van der Waals surface area contributed by atoms with Crippen molar-refractivity contribution in [1.82, 2.24) is 0 Å². The van der Waals surface area contributed by atoms with Crippen molar-refractivity contribution in [1.29, 1.82) is 0 Å². The summed E-state index contributed by atoms with van der Waals surface area (Å²) in [6.45, 7) is 4.28. The van der Waals surface area contributed by atoms with E-state index in [0.29, 0.717) is 0 Å². The first-order valence-corrected chi connectivity index (χ1v) is 7.40. The molecule has 0 atom stereocenters. The van der Waals surface area contributed by atoms with Crippen LogP contribution >= 0.6 is 0 Å². The summed E-state index contributed by atoms with van der Waals surface area (Å²) in [4.78, 5) is 10.9. The van der Waals surface area contributed by atoms with Gasteiger partial charge in [0.1, 0.15) is 0 Å². The van der Waals surface area contributed by atoms with Gasteiger partial charge in [0.15, 0.2) is 0 Å². The number of non-ortho nitro benzene ring substituents is 1. The average molecular weight is 281 g/mol. The van der Waals surface area contributed by atoms with E-state index in [-0.39, 0.29) is 10.6 Å². The van der Waals surface area contributed by atoms with Crippen LogP contribution in [0.5, 0.6) is 0 Å². The summed E-state index contributed by atoms with van der Waals surface area (Å²) in [5.41, 5.74) is 7.80. The largest absolute Gasteiger partial charge is 0.269 e. The van der Waals surface area contributed by atoms with Gasteiger partial charge in [-0.2, -0.15) is 0 Å². The Hall–Kier alpha value is -2.16. The number of nitro groups is 1. The van der Waals surface area contributed by atoms with Gasteiger partial charge in [-0.1, -0.05) is 18.2 Å². The third-order valence-corrected chi connectivity index (χ3v) is 4.70. The lowest BCUT2D eigenvalue weighted by atomic mass is 9.88. The summed E-state index contributed by atoms with van der Waals surface area (Å²) in [6, 6.07) is 9.98. The molecule has 2 aromatic carbocycles. The molecule has 2 aromatic rings. The van der Waals surface area contributed by atoms with E-state index in [1.165, 1.54) is 22.3 Å². The SMILES string of the molecule is Cc1c2cccc1CCc1cc([N+](=O)[O-])cc(c1C)CC2. The van der Waals surface area contributed by atoms with Crippen molar-refractivity contribution in [3.8, 4) is 0 Å². The summed E-state index contributed by atoms with van der Waals surface area (Å²) in [5, 5.41) is 11.1. The number of hydrogen-bond donors (Lipinski definition) is 0. The van der Waals surface area contributed by atoms with Crippen LogP contribution in [0.2, 0.25) is 0 Å². The van der Waals surface area contributed by atoms with Crippen LogP contribution in [0.4, 0.5) is 5.69 Å². The summed E-state index contributed by atoms with van der Waals surface area (Å²) in [5.74, 6) is 0. The van der Waals surface area contributed by atoms with Crippen molar-refractivity contribution in [2.45, 2.75) is 39.5 Å². The van der Waals surface area contributed by atoms with E-state index in [9.17, 15) is 10.1 Å². The molecule has 1 aliphatic carbocycles. The fourth-order valence-electron chi connectivity index (χ4n) is 3.26. The number of fused-ring (bicyclic) bond motifs is 4. The molecule has 0 fully saturated rings. The van der Waals surface area contributed by atoms with Crippen molar-refractivity contribution in [3.63, 3.8) is 0 Å². The van der Waals surface area contributed by atoms with E-state index in [2.05, 4.69) is 32.0 Å². The summed E-state index contributed by atoms with van der Waals surface area (Å²) in [7, 11) is 0. The monoisotopic (exact) mass is 281 g/mol. The highest BCUT2D eigenvalue weighted by Gasteiger charge is 2.16. The van der Waals surface area contributed by atoms with Gasteiger partial charge in [-0.25, -0.2) is 0 Å². The second-order valence-corrected chi connectivity index (χ2v) is 5.85. The summed E-state index contributed by atoms with van der Waals surface area (Å²) < 4.78 is 0. The maximum absolute atomic E-state index is 11.1. The lowest BCUT2D eigenvalue weighted by Crippen LogP contribution is -2.07. The maximum atomic E-state index is 11.1. The Morgan fingerprint density at radius 3 is 1.76 bits per heavy atom. The lowest BCUT2D eigenvalue weighted by molar-refractivity contribution is -0.385. The van der Waals surface area contributed by atoms with Crippen molar-refractivity contribution < 1.29 is 4.92 Å². The molecule has 0 N–H and O–H groups in total. The number of aryl methyl sites for hydroxylation is 4. The Morgan fingerprint density at radius 2 is 1.29 bits per heavy atom. The molecule has 0 aliphatic heterocycles. The van der Waals surface area contributed by atoms with Gasteiger partial charge in [-0.15, -0.1) is 0 Å². The first kappa shape index (κ1) is 13.8. The highest BCUT2D eigenvalue weighted by molar-refractivity contribution is 5.47. The molecule has 0 aromatic heterocycles. The molecular weight excluding hydrogens is 262 g/mol. The van der Waals surface area contributed by atoms with E-state index >= 15 is 0 Å². The van der Waals surface area contributed by atoms with Crippen LogP contribution in [-0.4, -0.2) is 4.92 Å². The van der Waals surface area contributed by atoms with Gasteiger partial charge in [-0.3, -0.25) is 10.1 Å². The van der Waals surface area contributed by atoms with Gasteiger partial charge in [0.2, 0.25) is 0 Å². The van der Waals surface area contributed by atoms with Gasteiger partial charge in [0, 0.05) is 12.1 Å². The van der Waals surface area contributed by atoms with E-state index in [1.807, 2.05) is 0 Å². The van der Waals surface area contributed by atoms with Crippen LogP contribution in [0, 0.1) is 24.0 Å². The van der Waals surface area contributed by atoms with Crippen LogP contribution in [0.25, 0.3) is 0 Å². The van der Waals surface area contributed by atoms with Crippen molar-refractivity contribution in [2.24, 2.45) is 0 Å². The van der Waals surface area contributed by atoms with Crippen molar-refractivity contribution >= 4 is 5.69 Å². The molecule has 21 heavy (non-hydrogen) atoms. The Balaban J connectivity index is 2.10. The van der Waals surface area contributed by atoms with E-state index in [0.717, 1.165) is 36.8 Å². The van der Waals surface area contributed by atoms with Crippen LogP contribution in [-0.2, 0) is 25.7 Å². The first-order valence-electron chi connectivity index (χ1n) is 7.40. The van der Waals surface area contributed by atoms with Crippen molar-refractivity contribution in [2.75, 3.05) is 0 Å². The third-order valence-electron chi connectivity index (χ3n) is 4.70. The number of hydrogen-bond acceptors (Lipinski definition) is 2. The maximum Gasteiger partial charge on any atom is 0.269 e. The minimum atomic E-state index is -0.275. The average Bonchev–Trinajstić information content (AvgIpc) is 2.46. The molecule has 3 nitrogen and oxygen atoms in total. The quantitative estimate of drug-likeness (QED) is 0.583. The molecule has 3 heteroatoms. The smallest absolute Gasteiger partial charge is 0.258 e. The second kappa shape index (κ2) is 5.32. The Morgan fingerprint density at radius 1 is 0.857 bits per heavy atom. The zero-order chi connectivity index (χ0) is 15.0. The minimum Gasteiger partial charge on any atom is -0.258 e. The molecule has 3 rings (SSSR count). The highest BCUT2D eigenvalue weighted by Crippen LogP contribution is 2.27. The molecule has 1 aliphatic rings. The molecule has 0 spiro atoms. The topological polar surface area (TPSA) is 43.1 Å². The van der Waals surface area contributed by atoms with Crippen LogP contribution in [0.15, 0.2) is 30.3 Å². The van der Waals surface area contributed by atoms with Gasteiger partial charge in [-0.05, 0) is 72.9 Å². The summed E-state index contributed by atoms with van der Waals surface area (Å²) >= 11 is 0. The standard InChI is InChI=1S/C18H19NO2/c1-12-14-4-3-5-15(12)7-9-17-11-18(19(20)21)10-16(8-6-14)13(17)2/h3-5,10-11H,6-9H2,1-2H3. The van der Waals surface area contributed by atoms with E-state index < -0.39 is 0 Å². The number of nitro benzene ring substituents is 1. The fraction of sp³-hybridized carbons (Fsp3) is 0.333. The fourth-order valence-corrected chi connectivity index (χ4v) is 3.26. The molecule has 0 saturated heterocycles. The zero-order valence-electron chi connectivity index (χ0n) is 12.5.